The van der Waals surface area contributed by atoms with Gasteiger partial charge in [0.15, 0.2) is 11.4 Å². The molecule has 8 nitrogen and oxygen atoms in total. The molecule has 1 saturated heterocycles. The van der Waals surface area contributed by atoms with Gasteiger partial charge in [0.25, 0.3) is 5.91 Å². The van der Waals surface area contributed by atoms with Gasteiger partial charge < -0.3 is 10.4 Å². The Hall–Kier alpha value is -3.05. The molecule has 4 N–H and O–H groups in total. The molecule has 1 aliphatic rings. The van der Waals surface area contributed by atoms with Crippen LogP contribution in [0.15, 0.2) is 42.7 Å². The molecular formula is C16H14F3N5O3. The minimum atomic E-state index is -4.58. The Morgan fingerprint density at radius 2 is 1.67 bits per heavy atom. The molecule has 1 aromatic heterocycles. The molecule has 2 aromatic rings. The number of nitrogens with one attached hydrogen (secondary N) is 3. The molecule has 27 heavy (non-hydrogen) atoms. The van der Waals surface area contributed by atoms with Crippen molar-refractivity contribution in [3.8, 4) is 0 Å². The fourth-order valence-corrected chi connectivity index (χ4v) is 2.89. The SMILES string of the molecule is O=C(O)c1nccnc1C(=O)NC1NNC(C(F)(F)F)C1c1ccccc1. The lowest BCUT2D eigenvalue weighted by molar-refractivity contribution is -0.156. The number of alkyl halides is 3. The van der Waals surface area contributed by atoms with Gasteiger partial charge in [0.1, 0.15) is 12.2 Å². The number of halogens is 3. The first kappa shape index (κ1) is 18.7. The molecule has 11 heteroatoms. The molecule has 0 aliphatic carbocycles. The van der Waals surface area contributed by atoms with Gasteiger partial charge in [-0.2, -0.15) is 13.2 Å². The zero-order chi connectivity index (χ0) is 19.6. The summed E-state index contributed by atoms with van der Waals surface area (Å²) in [4.78, 5) is 30.9. The molecule has 3 rings (SSSR count). The summed E-state index contributed by atoms with van der Waals surface area (Å²) in [6.45, 7) is 0. The van der Waals surface area contributed by atoms with Crippen molar-refractivity contribution in [2.24, 2.45) is 0 Å². The Balaban J connectivity index is 1.89. The van der Waals surface area contributed by atoms with Crippen LogP contribution >= 0.6 is 0 Å². The molecule has 3 unspecified atom stereocenters. The molecule has 1 fully saturated rings. The first-order valence-corrected chi connectivity index (χ1v) is 7.77. The molecule has 1 aliphatic heterocycles. The van der Waals surface area contributed by atoms with Crippen LogP contribution in [0.2, 0.25) is 0 Å². The third kappa shape index (κ3) is 3.88. The summed E-state index contributed by atoms with van der Waals surface area (Å²) in [5, 5.41) is 11.5. The van der Waals surface area contributed by atoms with Crippen molar-refractivity contribution < 1.29 is 27.9 Å². The molecule has 3 atom stereocenters. The standard InChI is InChI=1S/C16H14F3N5O3/c17-16(18,19)12-9(8-4-2-1-3-5-8)13(24-23-12)22-14(25)10-11(15(26)27)21-7-6-20-10/h1-7,9,12-13,23-24H,(H,22,25)(H,26,27). The lowest BCUT2D eigenvalue weighted by Crippen LogP contribution is -2.47. The predicted octanol–water partition coefficient (Wildman–Crippen LogP) is 1.05. The second-order valence-corrected chi connectivity index (χ2v) is 5.75. The van der Waals surface area contributed by atoms with Crippen molar-refractivity contribution in [1.29, 1.82) is 0 Å². The van der Waals surface area contributed by atoms with Crippen LogP contribution in [-0.2, 0) is 0 Å². The van der Waals surface area contributed by atoms with Gasteiger partial charge in [0.05, 0.1) is 0 Å². The van der Waals surface area contributed by atoms with E-state index in [-0.39, 0.29) is 0 Å². The van der Waals surface area contributed by atoms with E-state index in [9.17, 15) is 22.8 Å². The van der Waals surface area contributed by atoms with Gasteiger partial charge in [0, 0.05) is 18.3 Å². The van der Waals surface area contributed by atoms with Crippen LogP contribution in [0.25, 0.3) is 0 Å². The van der Waals surface area contributed by atoms with E-state index in [1.807, 2.05) is 0 Å². The first-order chi connectivity index (χ1) is 12.8. The van der Waals surface area contributed by atoms with Crippen molar-refractivity contribution in [1.82, 2.24) is 26.1 Å². The van der Waals surface area contributed by atoms with Crippen LogP contribution < -0.4 is 16.2 Å². The van der Waals surface area contributed by atoms with E-state index < -0.39 is 47.6 Å². The van der Waals surface area contributed by atoms with Crippen LogP contribution in [0, 0.1) is 0 Å². The zero-order valence-corrected chi connectivity index (χ0v) is 13.6. The summed E-state index contributed by atoms with van der Waals surface area (Å²) in [7, 11) is 0. The predicted molar refractivity (Wildman–Crippen MR) is 85.5 cm³/mol. The number of nitrogens with zero attached hydrogens (tertiary/aromatic N) is 2. The van der Waals surface area contributed by atoms with Gasteiger partial charge >= 0.3 is 12.1 Å². The Bertz CT molecular complexity index is 847. The third-order valence-corrected chi connectivity index (χ3v) is 4.05. The average Bonchev–Trinajstić information content (AvgIpc) is 3.06. The van der Waals surface area contributed by atoms with Crippen LogP contribution in [0.3, 0.4) is 0 Å². The minimum absolute atomic E-state index is 0.347. The number of aromatic nitrogens is 2. The minimum Gasteiger partial charge on any atom is -0.476 e. The molecular weight excluding hydrogens is 367 g/mol. The monoisotopic (exact) mass is 381 g/mol. The summed E-state index contributed by atoms with van der Waals surface area (Å²) in [5.74, 6) is -3.61. The number of hydrogen-bond acceptors (Lipinski definition) is 6. The summed E-state index contributed by atoms with van der Waals surface area (Å²) < 4.78 is 40.2. The number of hydrazine groups is 1. The molecule has 1 aromatic carbocycles. The van der Waals surface area contributed by atoms with E-state index in [4.69, 9.17) is 5.11 Å². The van der Waals surface area contributed by atoms with Crippen molar-refractivity contribution in [2.45, 2.75) is 24.3 Å². The van der Waals surface area contributed by atoms with E-state index in [0.29, 0.717) is 5.56 Å². The summed E-state index contributed by atoms with van der Waals surface area (Å²) >= 11 is 0. The zero-order valence-electron chi connectivity index (χ0n) is 13.6. The third-order valence-electron chi connectivity index (χ3n) is 4.05. The maximum absolute atomic E-state index is 13.4. The number of amides is 1. The van der Waals surface area contributed by atoms with Crippen molar-refractivity contribution in [2.75, 3.05) is 0 Å². The quantitative estimate of drug-likeness (QED) is 0.626. The van der Waals surface area contributed by atoms with E-state index in [1.54, 1.807) is 18.2 Å². The van der Waals surface area contributed by atoms with Gasteiger partial charge in [-0.15, -0.1) is 0 Å². The lowest BCUT2D eigenvalue weighted by Gasteiger charge is -2.25. The van der Waals surface area contributed by atoms with Crippen molar-refractivity contribution >= 4 is 11.9 Å². The summed E-state index contributed by atoms with van der Waals surface area (Å²) in [6, 6.07) is 5.92. The first-order valence-electron chi connectivity index (χ1n) is 7.77. The summed E-state index contributed by atoms with van der Waals surface area (Å²) in [5.41, 5.74) is 3.82. The maximum atomic E-state index is 13.4. The van der Waals surface area contributed by atoms with Crippen LogP contribution in [0.4, 0.5) is 13.2 Å². The maximum Gasteiger partial charge on any atom is 0.405 e. The van der Waals surface area contributed by atoms with Crippen molar-refractivity contribution in [3.63, 3.8) is 0 Å². The average molecular weight is 381 g/mol. The van der Waals surface area contributed by atoms with Crippen LogP contribution in [0.5, 0.6) is 0 Å². The van der Waals surface area contributed by atoms with Gasteiger partial charge in [-0.1, -0.05) is 30.3 Å². The number of benzene rings is 1. The number of carboxylic acids is 1. The number of rotatable bonds is 4. The summed E-state index contributed by atoms with van der Waals surface area (Å²) in [6.07, 6.45) is -3.52. The number of hydrogen-bond donors (Lipinski definition) is 4. The normalized spacial score (nSPS) is 22.4. The highest BCUT2D eigenvalue weighted by Crippen LogP contribution is 2.36. The Morgan fingerprint density at radius 3 is 2.26 bits per heavy atom. The number of carbonyl (C=O) groups is 2. The van der Waals surface area contributed by atoms with Gasteiger partial charge in [-0.05, 0) is 5.56 Å². The Labute approximate surface area is 150 Å². The van der Waals surface area contributed by atoms with Gasteiger partial charge in [0.2, 0.25) is 0 Å². The molecule has 142 valence electrons. The Kier molecular flexibility index (Phi) is 5.06. The van der Waals surface area contributed by atoms with E-state index in [1.165, 1.54) is 12.1 Å². The highest BCUT2D eigenvalue weighted by Gasteiger charge is 2.52. The lowest BCUT2D eigenvalue weighted by atomic mass is 9.90. The van der Waals surface area contributed by atoms with E-state index in [2.05, 4.69) is 26.1 Å². The Morgan fingerprint density at radius 1 is 1.04 bits per heavy atom. The molecule has 0 saturated carbocycles. The molecule has 0 radical (unpaired) electrons. The van der Waals surface area contributed by atoms with E-state index >= 15 is 0 Å². The molecule has 2 heterocycles. The fourth-order valence-electron chi connectivity index (χ4n) is 2.89. The van der Waals surface area contributed by atoms with Gasteiger partial charge in [-0.3, -0.25) is 4.79 Å². The number of carboxylic acid groups (broad SMARTS) is 1. The molecule has 0 spiro atoms. The largest absolute Gasteiger partial charge is 0.476 e. The van der Waals surface area contributed by atoms with Crippen LogP contribution in [-0.4, -0.2) is 45.3 Å². The topological polar surface area (TPSA) is 116 Å². The van der Waals surface area contributed by atoms with E-state index in [0.717, 1.165) is 12.4 Å². The van der Waals surface area contributed by atoms with Crippen molar-refractivity contribution in [3.05, 3.63) is 59.7 Å². The second-order valence-electron chi connectivity index (χ2n) is 5.75. The highest BCUT2D eigenvalue weighted by atomic mass is 19.4. The highest BCUT2D eigenvalue weighted by molar-refractivity contribution is 6.02. The van der Waals surface area contributed by atoms with Crippen LogP contribution in [0.1, 0.15) is 32.5 Å². The fraction of sp³-hybridized carbons (Fsp3) is 0.250. The molecule has 0 bridgehead atoms. The second kappa shape index (κ2) is 7.29. The smallest absolute Gasteiger partial charge is 0.405 e. The molecule has 1 amide bonds. The number of carbonyl (C=O) groups excluding carboxylic acids is 1. The van der Waals surface area contributed by atoms with Gasteiger partial charge in [-0.25, -0.2) is 25.6 Å². The number of aromatic carboxylic acids is 1.